The highest BCUT2D eigenvalue weighted by Gasteiger charge is 2.14. The molecule has 3 heterocycles. The van der Waals surface area contributed by atoms with Crippen molar-refractivity contribution in [1.29, 1.82) is 0 Å². The Kier molecular flexibility index (Phi) is 6.90. The molecule has 2 aromatic carbocycles. The zero-order valence-corrected chi connectivity index (χ0v) is 20.9. The molecule has 180 valence electrons. The van der Waals surface area contributed by atoms with E-state index in [9.17, 15) is 4.79 Å². The Balaban J connectivity index is 1.34. The molecule has 2 aromatic heterocycles. The zero-order valence-electron chi connectivity index (χ0n) is 19.4. The smallest absolute Gasteiger partial charge is 0.252 e. The molecular weight excluding hydrogens is 483 g/mol. The molecular formula is C26H26Cl2N6O. The van der Waals surface area contributed by atoms with Crippen molar-refractivity contribution >= 4 is 51.6 Å². The minimum Gasteiger partial charge on any atom is -0.369 e. The van der Waals surface area contributed by atoms with Crippen LogP contribution in [0.1, 0.15) is 5.56 Å². The minimum absolute atomic E-state index is 0.112. The van der Waals surface area contributed by atoms with Crippen LogP contribution in [-0.4, -0.2) is 52.7 Å². The van der Waals surface area contributed by atoms with Gasteiger partial charge in [0.25, 0.3) is 5.56 Å². The first-order valence-electron chi connectivity index (χ1n) is 11.6. The number of piperazine rings is 1. The molecule has 1 fully saturated rings. The van der Waals surface area contributed by atoms with Crippen LogP contribution < -0.4 is 15.8 Å². The molecule has 0 bridgehead atoms. The second-order valence-corrected chi connectivity index (χ2v) is 9.57. The van der Waals surface area contributed by atoms with E-state index in [2.05, 4.69) is 44.3 Å². The van der Waals surface area contributed by atoms with Crippen LogP contribution in [0.4, 0.5) is 17.3 Å². The molecule has 0 unspecified atom stereocenters. The van der Waals surface area contributed by atoms with Crippen LogP contribution in [0.3, 0.4) is 0 Å². The van der Waals surface area contributed by atoms with E-state index in [1.165, 1.54) is 5.69 Å². The number of nitrogens with one attached hydrogen (secondary N) is 1. The highest BCUT2D eigenvalue weighted by Crippen LogP contribution is 2.24. The van der Waals surface area contributed by atoms with Crippen LogP contribution in [0.2, 0.25) is 10.0 Å². The molecule has 4 aromatic rings. The van der Waals surface area contributed by atoms with Gasteiger partial charge in [0.2, 0.25) is 5.95 Å². The number of aryl methyl sites for hydroxylation is 2. The minimum atomic E-state index is -0.112. The number of fused-ring (bicyclic) bond motifs is 1. The van der Waals surface area contributed by atoms with Gasteiger partial charge in [-0.25, -0.2) is 4.98 Å². The number of hydrogen-bond donors (Lipinski definition) is 1. The summed E-state index contributed by atoms with van der Waals surface area (Å²) in [7, 11) is 2.15. The van der Waals surface area contributed by atoms with E-state index in [4.69, 9.17) is 23.2 Å². The third kappa shape index (κ3) is 5.42. The Labute approximate surface area is 213 Å². The van der Waals surface area contributed by atoms with Gasteiger partial charge < -0.3 is 15.1 Å². The van der Waals surface area contributed by atoms with Crippen LogP contribution in [0.5, 0.6) is 0 Å². The number of nitrogens with zero attached hydrogens (tertiary/aromatic N) is 5. The SMILES string of the molecule is CN1CCN(c2ccc(Nc3ncc4ccc(=O)n(CCc5ccc(Cl)c(Cl)c5)c4n3)cc2)CC1. The highest BCUT2D eigenvalue weighted by molar-refractivity contribution is 6.42. The van der Waals surface area contributed by atoms with E-state index in [-0.39, 0.29) is 5.56 Å². The van der Waals surface area contributed by atoms with Crippen molar-refractivity contribution in [1.82, 2.24) is 19.4 Å². The summed E-state index contributed by atoms with van der Waals surface area (Å²) >= 11 is 12.2. The first-order chi connectivity index (χ1) is 17.0. The maximum absolute atomic E-state index is 12.7. The molecule has 0 atom stereocenters. The van der Waals surface area contributed by atoms with E-state index >= 15 is 0 Å². The van der Waals surface area contributed by atoms with E-state index in [1.54, 1.807) is 29.0 Å². The first-order valence-corrected chi connectivity index (χ1v) is 12.3. The van der Waals surface area contributed by atoms with Gasteiger partial charge in [-0.2, -0.15) is 4.98 Å². The van der Waals surface area contributed by atoms with Gasteiger partial charge in [-0.3, -0.25) is 9.36 Å². The molecule has 0 saturated carbocycles. The second-order valence-electron chi connectivity index (χ2n) is 8.76. The Bertz CT molecular complexity index is 1400. The van der Waals surface area contributed by atoms with Gasteiger partial charge in [0.15, 0.2) is 0 Å². The third-order valence-corrected chi connectivity index (χ3v) is 7.06. The van der Waals surface area contributed by atoms with Crippen LogP contribution >= 0.6 is 23.2 Å². The van der Waals surface area contributed by atoms with Crippen molar-refractivity contribution in [2.45, 2.75) is 13.0 Å². The lowest BCUT2D eigenvalue weighted by atomic mass is 10.1. The molecule has 5 rings (SSSR count). The highest BCUT2D eigenvalue weighted by atomic mass is 35.5. The van der Waals surface area contributed by atoms with Crippen LogP contribution in [0, 0.1) is 0 Å². The van der Waals surface area contributed by atoms with E-state index in [0.29, 0.717) is 34.6 Å². The fourth-order valence-corrected chi connectivity index (χ4v) is 4.55. The molecule has 7 nitrogen and oxygen atoms in total. The van der Waals surface area contributed by atoms with Gasteiger partial charge in [-0.1, -0.05) is 29.3 Å². The van der Waals surface area contributed by atoms with Gasteiger partial charge >= 0.3 is 0 Å². The summed E-state index contributed by atoms with van der Waals surface area (Å²) in [5.74, 6) is 0.443. The van der Waals surface area contributed by atoms with Gasteiger partial charge in [-0.15, -0.1) is 0 Å². The number of halogens is 2. The number of aromatic nitrogens is 3. The average molecular weight is 509 g/mol. The van der Waals surface area contributed by atoms with Crippen molar-refractivity contribution in [3.8, 4) is 0 Å². The Hall–Kier alpha value is -3.13. The molecule has 1 N–H and O–H groups in total. The average Bonchev–Trinajstić information content (AvgIpc) is 2.86. The monoisotopic (exact) mass is 508 g/mol. The predicted octanol–water partition coefficient (Wildman–Crippen LogP) is 4.84. The molecule has 1 aliphatic rings. The summed E-state index contributed by atoms with van der Waals surface area (Å²) in [6, 6.07) is 17.1. The van der Waals surface area contributed by atoms with Gasteiger partial charge in [-0.05, 0) is 61.5 Å². The molecule has 35 heavy (non-hydrogen) atoms. The zero-order chi connectivity index (χ0) is 24.4. The summed E-state index contributed by atoms with van der Waals surface area (Å²) in [5.41, 5.74) is 3.57. The molecule has 0 amide bonds. The van der Waals surface area contributed by atoms with Gasteiger partial charge in [0.1, 0.15) is 5.65 Å². The molecule has 9 heteroatoms. The van der Waals surface area contributed by atoms with Crippen molar-refractivity contribution in [2.24, 2.45) is 0 Å². The fraction of sp³-hybridized carbons (Fsp3) is 0.269. The maximum atomic E-state index is 12.7. The second kappa shape index (κ2) is 10.2. The summed E-state index contributed by atoms with van der Waals surface area (Å²) in [4.78, 5) is 26.5. The first kappa shape index (κ1) is 23.6. The maximum Gasteiger partial charge on any atom is 0.252 e. The number of anilines is 3. The topological polar surface area (TPSA) is 66.3 Å². The Morgan fingerprint density at radius 3 is 2.46 bits per heavy atom. The number of hydrogen-bond acceptors (Lipinski definition) is 6. The standard InChI is InChI=1S/C26H26Cl2N6O/c1-32-12-14-33(15-13-32)21-6-4-20(5-7-21)30-26-29-17-19-3-9-24(35)34(25(19)31-26)11-10-18-2-8-22(27)23(28)16-18/h2-9,16-17H,10-15H2,1H3,(H,29,30,31). The molecule has 1 saturated heterocycles. The van der Waals surface area contributed by atoms with Gasteiger partial charge in [0.05, 0.1) is 10.0 Å². The lowest BCUT2D eigenvalue weighted by Crippen LogP contribution is -2.44. The van der Waals surface area contributed by atoms with E-state index < -0.39 is 0 Å². The molecule has 1 aliphatic heterocycles. The lowest BCUT2D eigenvalue weighted by Gasteiger charge is -2.34. The lowest BCUT2D eigenvalue weighted by molar-refractivity contribution is 0.313. The van der Waals surface area contributed by atoms with Gasteiger partial charge in [0, 0.05) is 61.7 Å². The van der Waals surface area contributed by atoms with Crippen molar-refractivity contribution in [3.05, 3.63) is 86.8 Å². The predicted molar refractivity (Wildman–Crippen MR) is 143 cm³/mol. The number of likely N-dealkylation sites (N-methyl/N-ethyl adjacent to an activating group) is 1. The van der Waals surface area contributed by atoms with E-state index in [1.807, 2.05) is 24.3 Å². The Morgan fingerprint density at radius 1 is 0.943 bits per heavy atom. The summed E-state index contributed by atoms with van der Waals surface area (Å²) in [5, 5.41) is 5.09. The van der Waals surface area contributed by atoms with Crippen molar-refractivity contribution < 1.29 is 0 Å². The summed E-state index contributed by atoms with van der Waals surface area (Å²) in [6.45, 7) is 4.65. The summed E-state index contributed by atoms with van der Waals surface area (Å²) < 4.78 is 1.67. The summed E-state index contributed by atoms with van der Waals surface area (Å²) in [6.07, 6.45) is 2.36. The van der Waals surface area contributed by atoms with Crippen molar-refractivity contribution in [3.63, 3.8) is 0 Å². The van der Waals surface area contributed by atoms with E-state index in [0.717, 1.165) is 42.8 Å². The third-order valence-electron chi connectivity index (χ3n) is 6.32. The Morgan fingerprint density at radius 2 is 1.71 bits per heavy atom. The molecule has 0 spiro atoms. The molecule has 0 radical (unpaired) electrons. The quantitative estimate of drug-likeness (QED) is 0.402. The molecule has 0 aliphatic carbocycles. The number of benzene rings is 2. The normalized spacial score (nSPS) is 14.4. The van der Waals surface area contributed by atoms with Crippen molar-refractivity contribution in [2.75, 3.05) is 43.4 Å². The fourth-order valence-electron chi connectivity index (χ4n) is 4.23. The van der Waals surface area contributed by atoms with Crippen LogP contribution in [0.15, 0.2) is 65.6 Å². The number of pyridine rings is 1. The number of rotatable bonds is 6. The van der Waals surface area contributed by atoms with Crippen LogP contribution in [0.25, 0.3) is 11.0 Å². The van der Waals surface area contributed by atoms with Crippen LogP contribution in [-0.2, 0) is 13.0 Å². The largest absolute Gasteiger partial charge is 0.369 e.